The number of nitrogens with one attached hydrogen (secondary N) is 1. The lowest BCUT2D eigenvalue weighted by Crippen LogP contribution is -2.44. The van der Waals surface area contributed by atoms with E-state index in [1.165, 1.54) is 4.90 Å². The predicted molar refractivity (Wildman–Crippen MR) is 52.3 cm³/mol. The van der Waals surface area contributed by atoms with Crippen molar-refractivity contribution in [1.82, 2.24) is 0 Å². The molecule has 2 rings (SSSR count). The topological polar surface area (TPSA) is 72.5 Å². The quantitative estimate of drug-likeness (QED) is 0.685. The highest BCUT2D eigenvalue weighted by Gasteiger charge is 2.20. The average Bonchev–Trinajstić information content (AvgIpc) is 2.16. The van der Waals surface area contributed by atoms with Gasteiger partial charge in [-0.2, -0.15) is 0 Å². The second-order valence-electron chi connectivity index (χ2n) is 3.29. The van der Waals surface area contributed by atoms with Crippen molar-refractivity contribution in [3.05, 3.63) is 24.3 Å². The Labute approximate surface area is 86.3 Å². The van der Waals surface area contributed by atoms with Gasteiger partial charge in [0.25, 0.3) is 0 Å². The number of hydrogen-bond donors (Lipinski definition) is 1. The minimum absolute atomic E-state index is 0.0466. The molecule has 0 unspecified atom stereocenters. The van der Waals surface area contributed by atoms with Gasteiger partial charge in [0.2, 0.25) is 5.91 Å². The maximum Gasteiger partial charge on any atom is 0.243 e. The molecule has 78 valence electrons. The molecule has 0 radical (unpaired) electrons. The standard InChI is InChI=1S/C10H10N2O3/c13-9-5-12(6-10(14)15)8-4-2-1-3-7(8)11-9/h1-4H,5-6H2,(H,11,13)(H,14,15)/p-1. The maximum absolute atomic E-state index is 11.3. The molecule has 1 N–H and O–H groups in total. The van der Waals surface area contributed by atoms with Crippen LogP contribution in [0.15, 0.2) is 24.3 Å². The highest BCUT2D eigenvalue weighted by molar-refractivity contribution is 6.01. The fourth-order valence-electron chi connectivity index (χ4n) is 1.60. The molecule has 0 bridgehead atoms. The SMILES string of the molecule is O=C([O-])CN1CC(=O)Nc2ccccc21. The van der Waals surface area contributed by atoms with Gasteiger partial charge < -0.3 is 20.1 Å². The average molecular weight is 205 g/mol. The summed E-state index contributed by atoms with van der Waals surface area (Å²) in [5.74, 6) is -1.41. The Balaban J connectivity index is 2.33. The van der Waals surface area contributed by atoms with Gasteiger partial charge in [0.05, 0.1) is 30.4 Å². The summed E-state index contributed by atoms with van der Waals surface area (Å²) in [6.45, 7) is -0.227. The van der Waals surface area contributed by atoms with Crippen molar-refractivity contribution < 1.29 is 14.7 Å². The van der Waals surface area contributed by atoms with E-state index in [2.05, 4.69) is 5.32 Å². The first-order chi connectivity index (χ1) is 7.16. The van der Waals surface area contributed by atoms with E-state index in [0.29, 0.717) is 11.4 Å². The van der Waals surface area contributed by atoms with Crippen LogP contribution in [0.25, 0.3) is 0 Å². The monoisotopic (exact) mass is 205 g/mol. The van der Waals surface area contributed by atoms with Crippen LogP contribution in [0.3, 0.4) is 0 Å². The molecule has 15 heavy (non-hydrogen) atoms. The first-order valence-electron chi connectivity index (χ1n) is 4.50. The van der Waals surface area contributed by atoms with Crippen LogP contribution < -0.4 is 15.3 Å². The molecule has 1 aromatic carbocycles. The number of para-hydroxylation sites is 2. The summed E-state index contributed by atoms with van der Waals surface area (Å²) >= 11 is 0. The molecule has 1 heterocycles. The molecule has 1 aromatic rings. The third-order valence-electron chi connectivity index (χ3n) is 2.17. The number of carbonyl (C=O) groups excluding carboxylic acids is 2. The zero-order chi connectivity index (χ0) is 10.8. The Morgan fingerprint density at radius 3 is 2.93 bits per heavy atom. The smallest absolute Gasteiger partial charge is 0.243 e. The van der Waals surface area contributed by atoms with Crippen molar-refractivity contribution in [2.75, 3.05) is 23.3 Å². The molecule has 0 aliphatic carbocycles. The van der Waals surface area contributed by atoms with Crippen molar-refractivity contribution >= 4 is 23.3 Å². The van der Waals surface area contributed by atoms with Gasteiger partial charge in [-0.25, -0.2) is 0 Å². The van der Waals surface area contributed by atoms with Crippen molar-refractivity contribution in [3.8, 4) is 0 Å². The lowest BCUT2D eigenvalue weighted by Gasteiger charge is -2.30. The molecule has 1 aliphatic heterocycles. The van der Waals surface area contributed by atoms with Crippen molar-refractivity contribution in [2.45, 2.75) is 0 Å². The zero-order valence-corrected chi connectivity index (χ0v) is 7.90. The van der Waals surface area contributed by atoms with Crippen LogP contribution in [0, 0.1) is 0 Å². The molecular weight excluding hydrogens is 196 g/mol. The summed E-state index contributed by atoms with van der Waals surface area (Å²) in [5.41, 5.74) is 1.34. The van der Waals surface area contributed by atoms with Crippen LogP contribution in [0.2, 0.25) is 0 Å². The molecule has 0 fully saturated rings. The Morgan fingerprint density at radius 1 is 1.47 bits per heavy atom. The van der Waals surface area contributed by atoms with E-state index in [9.17, 15) is 14.7 Å². The highest BCUT2D eigenvalue weighted by Crippen LogP contribution is 2.28. The summed E-state index contributed by atoms with van der Waals surface area (Å²) in [7, 11) is 0. The normalized spacial score (nSPS) is 14.4. The molecule has 0 saturated heterocycles. The van der Waals surface area contributed by atoms with E-state index in [1.807, 2.05) is 0 Å². The summed E-state index contributed by atoms with van der Waals surface area (Å²) in [5, 5.41) is 13.2. The van der Waals surface area contributed by atoms with Gasteiger partial charge in [-0.1, -0.05) is 12.1 Å². The number of amides is 1. The molecule has 5 heteroatoms. The predicted octanol–water partition coefficient (Wildman–Crippen LogP) is -0.805. The number of carbonyl (C=O) groups is 2. The summed E-state index contributed by atoms with van der Waals surface area (Å²) in [6, 6.07) is 7.06. The molecular formula is C10H9N2O3-. The van der Waals surface area contributed by atoms with E-state index in [1.54, 1.807) is 24.3 Å². The largest absolute Gasteiger partial charge is 0.548 e. The number of rotatable bonds is 2. The van der Waals surface area contributed by atoms with Crippen LogP contribution in [0.5, 0.6) is 0 Å². The van der Waals surface area contributed by atoms with Crippen molar-refractivity contribution in [3.63, 3.8) is 0 Å². The summed E-state index contributed by atoms with van der Waals surface area (Å²) in [6.07, 6.45) is 0. The first-order valence-corrected chi connectivity index (χ1v) is 4.50. The minimum Gasteiger partial charge on any atom is -0.548 e. The van der Waals surface area contributed by atoms with E-state index < -0.39 is 5.97 Å². The van der Waals surface area contributed by atoms with Gasteiger partial charge >= 0.3 is 0 Å². The van der Waals surface area contributed by atoms with Crippen molar-refractivity contribution in [2.24, 2.45) is 0 Å². The van der Waals surface area contributed by atoms with Gasteiger partial charge in [-0.05, 0) is 12.1 Å². The highest BCUT2D eigenvalue weighted by atomic mass is 16.4. The summed E-state index contributed by atoms with van der Waals surface area (Å²) in [4.78, 5) is 23.2. The Morgan fingerprint density at radius 2 is 2.20 bits per heavy atom. The number of hydrogen-bond acceptors (Lipinski definition) is 4. The molecule has 0 aromatic heterocycles. The number of benzene rings is 1. The molecule has 0 atom stereocenters. The minimum atomic E-state index is -1.19. The number of anilines is 2. The van der Waals surface area contributed by atoms with Crippen LogP contribution in [0.1, 0.15) is 0 Å². The lowest BCUT2D eigenvalue weighted by atomic mass is 10.2. The van der Waals surface area contributed by atoms with Crippen molar-refractivity contribution in [1.29, 1.82) is 0 Å². The molecule has 0 saturated carbocycles. The fourth-order valence-corrected chi connectivity index (χ4v) is 1.60. The van der Waals surface area contributed by atoms with Gasteiger partial charge in [-0.15, -0.1) is 0 Å². The number of carboxylic acids is 1. The zero-order valence-electron chi connectivity index (χ0n) is 7.90. The number of nitrogens with zero attached hydrogens (tertiary/aromatic N) is 1. The summed E-state index contributed by atoms with van der Waals surface area (Å²) < 4.78 is 0. The maximum atomic E-state index is 11.3. The fraction of sp³-hybridized carbons (Fsp3) is 0.200. The van der Waals surface area contributed by atoms with Crippen LogP contribution in [-0.4, -0.2) is 25.0 Å². The third kappa shape index (κ3) is 1.90. The molecule has 0 spiro atoms. The van der Waals surface area contributed by atoms with E-state index in [0.717, 1.165) is 0 Å². The number of carboxylic acid groups (broad SMARTS) is 1. The number of aliphatic carboxylic acids is 1. The van der Waals surface area contributed by atoms with E-state index >= 15 is 0 Å². The first kappa shape index (κ1) is 9.51. The van der Waals surface area contributed by atoms with Crippen LogP contribution in [-0.2, 0) is 9.59 Å². The van der Waals surface area contributed by atoms with Crippen LogP contribution in [0.4, 0.5) is 11.4 Å². The van der Waals surface area contributed by atoms with Crippen LogP contribution >= 0.6 is 0 Å². The van der Waals surface area contributed by atoms with Gasteiger partial charge in [0.15, 0.2) is 0 Å². The Hall–Kier alpha value is -2.04. The van der Waals surface area contributed by atoms with Gasteiger partial charge in [0.1, 0.15) is 0 Å². The van der Waals surface area contributed by atoms with E-state index in [4.69, 9.17) is 0 Å². The van der Waals surface area contributed by atoms with Gasteiger partial charge in [0, 0.05) is 0 Å². The Kier molecular flexibility index (Phi) is 2.29. The Bertz CT molecular complexity index is 417. The van der Waals surface area contributed by atoms with Gasteiger partial charge in [-0.3, -0.25) is 4.79 Å². The second-order valence-corrected chi connectivity index (χ2v) is 3.29. The molecule has 5 nitrogen and oxygen atoms in total. The lowest BCUT2D eigenvalue weighted by molar-refractivity contribution is -0.303. The second kappa shape index (κ2) is 3.61. The number of fused-ring (bicyclic) bond motifs is 1. The third-order valence-corrected chi connectivity index (χ3v) is 2.17. The molecule has 1 amide bonds. The molecule has 1 aliphatic rings. The van der Waals surface area contributed by atoms with E-state index in [-0.39, 0.29) is 19.0 Å².